The fourth-order valence-electron chi connectivity index (χ4n) is 1.06. The van der Waals surface area contributed by atoms with Crippen molar-refractivity contribution in [2.24, 2.45) is 11.8 Å². The zero-order chi connectivity index (χ0) is 22.7. The van der Waals surface area contributed by atoms with E-state index in [1.165, 1.54) is 20.8 Å². The number of rotatable bonds is 7. The third-order valence-electron chi connectivity index (χ3n) is 2.37. The number of carboxylic acid groups (broad SMARTS) is 2. The van der Waals surface area contributed by atoms with Gasteiger partial charge in [-0.15, -0.1) is 20.2 Å². The standard InChI is InChI=1S/C7H12O3.C6H10O3.2HNO3.2H2N.2Y/c1-5(7(9)10)3-4-6(2)8;1-4(6(8)9)3-5(2)7;2*2-1(3)4;;;;/h5H,3-4H2,1-2H3,(H,9,10);4H,3H2,1-2H3,(H,8,9);2*(H,2,3,4);2*1H2;;/q;;;;2*-1;;. The van der Waals surface area contributed by atoms with E-state index < -0.39 is 33.9 Å². The topological polar surface area (TPSA) is 302 Å². The zero-order valence-corrected chi connectivity index (χ0v) is 23.2. The Labute approximate surface area is 228 Å². The molecule has 0 amide bonds. The monoisotopic (exact) mass is 610 g/mol. The molecule has 2 radical (unpaired) electrons. The maximum atomic E-state index is 10.4. The van der Waals surface area contributed by atoms with Gasteiger partial charge in [-0.1, -0.05) is 13.8 Å². The Morgan fingerprint density at radius 2 is 1.03 bits per heavy atom. The van der Waals surface area contributed by atoms with Gasteiger partial charge in [-0.3, -0.25) is 9.59 Å². The largest absolute Gasteiger partial charge is 0.693 e. The molecule has 0 aromatic rings. The van der Waals surface area contributed by atoms with Crippen molar-refractivity contribution < 1.29 is 115 Å². The first-order chi connectivity index (χ1) is 12.0. The molecule has 18 heteroatoms. The van der Waals surface area contributed by atoms with Crippen molar-refractivity contribution in [1.82, 2.24) is 0 Å². The average Bonchev–Trinajstić information content (AvgIpc) is 2.43. The van der Waals surface area contributed by atoms with Crippen molar-refractivity contribution in [3.8, 4) is 0 Å². The van der Waals surface area contributed by atoms with Crippen LogP contribution in [-0.4, -0.2) is 54.3 Å². The van der Waals surface area contributed by atoms with Gasteiger partial charge in [0.2, 0.25) is 0 Å². The van der Waals surface area contributed by atoms with Gasteiger partial charge in [-0.25, -0.2) is 0 Å². The third kappa shape index (κ3) is 82.8. The first-order valence-corrected chi connectivity index (χ1v) is 7.15. The average molecular weight is 610 g/mol. The summed E-state index contributed by atoms with van der Waals surface area (Å²) in [5.74, 6) is -2.71. The maximum absolute atomic E-state index is 10.4. The molecule has 0 aliphatic heterocycles. The van der Waals surface area contributed by atoms with Crippen molar-refractivity contribution in [1.29, 1.82) is 0 Å². The minimum atomic E-state index is -1.50. The Bertz CT molecular complexity index is 503. The molecule has 31 heavy (non-hydrogen) atoms. The summed E-state index contributed by atoms with van der Waals surface area (Å²) in [5, 5.41) is 43.9. The van der Waals surface area contributed by atoms with Crippen LogP contribution < -0.4 is 0 Å². The quantitative estimate of drug-likeness (QED) is 0.239. The van der Waals surface area contributed by atoms with Gasteiger partial charge in [0.15, 0.2) is 0 Å². The summed E-state index contributed by atoms with van der Waals surface area (Å²) in [5.41, 5.74) is 0. The Balaban J connectivity index is -0.0000000389. The molecule has 180 valence electrons. The Kier molecular flexibility index (Phi) is 56.1. The molecule has 8 N–H and O–H groups in total. The number of carbonyl (C=O) groups is 4. The fourth-order valence-corrected chi connectivity index (χ4v) is 1.06. The molecular weight excluding hydrogens is 582 g/mol. The summed E-state index contributed by atoms with van der Waals surface area (Å²) >= 11 is 0. The van der Waals surface area contributed by atoms with Gasteiger partial charge in [0.05, 0.1) is 11.8 Å². The normalized spacial score (nSPS) is 9.29. The summed E-state index contributed by atoms with van der Waals surface area (Å²) in [6.45, 7) is 5.98. The number of hydrogen-bond donors (Lipinski definition) is 4. The third-order valence-corrected chi connectivity index (χ3v) is 2.37. The van der Waals surface area contributed by atoms with Crippen LogP contribution >= 0.6 is 0 Å². The van der Waals surface area contributed by atoms with Crippen molar-refractivity contribution in [3.63, 3.8) is 0 Å². The van der Waals surface area contributed by atoms with Crippen LogP contribution in [0.4, 0.5) is 0 Å². The zero-order valence-electron chi connectivity index (χ0n) is 17.5. The number of carboxylic acids is 2. The number of hydrogen-bond acceptors (Lipinski definition) is 8. The maximum Gasteiger partial charge on any atom is 0.306 e. The van der Waals surface area contributed by atoms with Crippen LogP contribution in [0.3, 0.4) is 0 Å². The van der Waals surface area contributed by atoms with E-state index in [1.54, 1.807) is 6.92 Å². The summed E-state index contributed by atoms with van der Waals surface area (Å²) in [7, 11) is 0. The van der Waals surface area contributed by atoms with E-state index in [4.69, 9.17) is 40.9 Å². The molecule has 0 saturated carbocycles. The molecule has 0 aliphatic carbocycles. The summed E-state index contributed by atoms with van der Waals surface area (Å²) < 4.78 is 0. The number of Topliss-reactive ketones (excluding diaryl/α,β-unsaturated/α-hetero) is 2. The first kappa shape index (κ1) is 52.0. The summed E-state index contributed by atoms with van der Waals surface area (Å²) in [4.78, 5) is 57.7. The van der Waals surface area contributed by atoms with Crippen LogP contribution in [0.25, 0.3) is 12.3 Å². The molecule has 0 fully saturated rings. The molecule has 0 saturated heterocycles. The molecule has 0 spiro atoms. The molecule has 16 nitrogen and oxygen atoms in total. The van der Waals surface area contributed by atoms with Gasteiger partial charge in [-0.05, 0) is 20.3 Å². The van der Waals surface area contributed by atoms with Crippen molar-refractivity contribution in [3.05, 3.63) is 32.5 Å². The SMILES string of the molecule is CC(=O)CC(C)C(=O)O.CC(=O)CCC(C)C(=O)O.O=[N+]([O-])O.O=[N+]([O-])O.[NH2-].[NH2-].[Y].[Y]. The number of aliphatic carboxylic acids is 2. The van der Waals surface area contributed by atoms with Crippen LogP contribution in [0, 0.1) is 32.1 Å². The number of nitrogens with zero attached hydrogens (tertiary/aromatic N) is 2. The van der Waals surface area contributed by atoms with E-state index in [2.05, 4.69) is 0 Å². The first-order valence-electron chi connectivity index (χ1n) is 7.15. The predicted molar refractivity (Wildman–Crippen MR) is 96.9 cm³/mol. The second-order valence-corrected chi connectivity index (χ2v) is 5.10. The van der Waals surface area contributed by atoms with Crippen molar-refractivity contribution in [2.45, 2.75) is 47.0 Å². The summed E-state index contributed by atoms with van der Waals surface area (Å²) in [6.07, 6.45) is 0.952. The van der Waals surface area contributed by atoms with E-state index >= 15 is 0 Å². The van der Waals surface area contributed by atoms with E-state index in [0.717, 1.165) is 0 Å². The molecule has 2 unspecified atom stereocenters. The molecule has 0 bridgehead atoms. The number of ketones is 2. The molecule has 0 rings (SSSR count). The van der Waals surface area contributed by atoms with E-state index in [9.17, 15) is 19.2 Å². The van der Waals surface area contributed by atoms with E-state index in [-0.39, 0.29) is 95.7 Å². The minimum Gasteiger partial charge on any atom is -0.693 e. The van der Waals surface area contributed by atoms with Gasteiger partial charge in [0.25, 0.3) is 10.2 Å². The minimum absolute atomic E-state index is 0. The smallest absolute Gasteiger partial charge is 0.306 e. The van der Waals surface area contributed by atoms with E-state index in [0.29, 0.717) is 12.8 Å². The number of carbonyl (C=O) groups excluding carboxylic acids is 2. The van der Waals surface area contributed by atoms with Crippen LogP contribution in [0.5, 0.6) is 0 Å². The Morgan fingerprint density at radius 1 is 0.774 bits per heavy atom. The van der Waals surface area contributed by atoms with Crippen LogP contribution in [0.2, 0.25) is 0 Å². The summed E-state index contributed by atoms with van der Waals surface area (Å²) in [6, 6.07) is 0. The molecule has 2 atom stereocenters. The van der Waals surface area contributed by atoms with Gasteiger partial charge >= 0.3 is 11.9 Å². The number of nitrogens with two attached hydrogens (primary N) is 2. The Hall–Kier alpha value is -1.19. The predicted octanol–water partition coefficient (Wildman–Crippen LogP) is 2.50. The van der Waals surface area contributed by atoms with Crippen molar-refractivity contribution in [2.75, 3.05) is 0 Å². The van der Waals surface area contributed by atoms with Gasteiger partial charge in [-0.2, -0.15) is 0 Å². The second-order valence-electron chi connectivity index (χ2n) is 5.10. The molecular formula is C13H28N4O12Y2-2. The second kappa shape index (κ2) is 33.4. The molecule has 0 aromatic carbocycles. The van der Waals surface area contributed by atoms with E-state index in [1.807, 2.05) is 0 Å². The van der Waals surface area contributed by atoms with Crippen LogP contribution in [-0.2, 0) is 84.6 Å². The molecule has 0 aliphatic rings. The van der Waals surface area contributed by atoms with Crippen molar-refractivity contribution >= 4 is 23.5 Å². The fraction of sp³-hybridized carbons (Fsp3) is 0.692. The molecule has 0 aromatic heterocycles. The van der Waals surface area contributed by atoms with Crippen LogP contribution in [0.15, 0.2) is 0 Å². The van der Waals surface area contributed by atoms with Gasteiger partial charge < -0.3 is 42.5 Å². The Morgan fingerprint density at radius 3 is 1.16 bits per heavy atom. The van der Waals surface area contributed by atoms with Gasteiger partial charge in [0, 0.05) is 78.3 Å². The van der Waals surface area contributed by atoms with Gasteiger partial charge in [0.1, 0.15) is 11.6 Å². The molecule has 0 heterocycles. The van der Waals surface area contributed by atoms with Crippen LogP contribution in [0.1, 0.15) is 47.0 Å².